The summed E-state index contributed by atoms with van der Waals surface area (Å²) in [7, 11) is 0. The molecule has 0 atom stereocenters. The van der Waals surface area contributed by atoms with E-state index in [9.17, 15) is 22.4 Å². The van der Waals surface area contributed by atoms with Crippen molar-refractivity contribution in [1.29, 1.82) is 0 Å². The summed E-state index contributed by atoms with van der Waals surface area (Å²) >= 11 is 0. The molecule has 1 N–H and O–H groups in total. The summed E-state index contributed by atoms with van der Waals surface area (Å²) in [5, 5.41) is 10.5. The highest BCUT2D eigenvalue weighted by Gasteiger charge is 2.32. The van der Waals surface area contributed by atoms with Gasteiger partial charge in [0, 0.05) is 18.0 Å². The van der Waals surface area contributed by atoms with Gasteiger partial charge in [0.1, 0.15) is 17.2 Å². The van der Waals surface area contributed by atoms with Gasteiger partial charge in [0.15, 0.2) is 5.69 Å². The predicted octanol–water partition coefficient (Wildman–Crippen LogP) is 3.84. The summed E-state index contributed by atoms with van der Waals surface area (Å²) in [6, 6.07) is 9.36. The highest BCUT2D eigenvalue weighted by Crippen LogP contribution is 2.30. The molecule has 0 saturated heterocycles. The summed E-state index contributed by atoms with van der Waals surface area (Å²) in [5.41, 5.74) is -1.61. The molecular weight excluding hydrogens is 390 g/mol. The van der Waals surface area contributed by atoms with E-state index in [-0.39, 0.29) is 28.2 Å². The van der Waals surface area contributed by atoms with Crippen LogP contribution in [0.5, 0.6) is 0 Å². The van der Waals surface area contributed by atoms with Crippen molar-refractivity contribution >= 4 is 0 Å². The van der Waals surface area contributed by atoms with E-state index in [1.807, 2.05) is 0 Å². The van der Waals surface area contributed by atoms with Gasteiger partial charge >= 0.3 is 6.18 Å². The molecule has 0 radical (unpaired) electrons. The Bertz CT molecular complexity index is 1250. The van der Waals surface area contributed by atoms with Gasteiger partial charge in [-0.3, -0.25) is 14.9 Å². The second kappa shape index (κ2) is 6.97. The lowest BCUT2D eigenvalue weighted by Crippen LogP contribution is -2.15. The number of hydrogen-bond donors (Lipinski definition) is 1. The Labute approximate surface area is 160 Å². The molecule has 3 aromatic heterocycles. The molecule has 0 aliphatic heterocycles. The quantitative estimate of drug-likeness (QED) is 0.529. The van der Waals surface area contributed by atoms with Gasteiger partial charge in [0.05, 0.1) is 11.9 Å². The largest absolute Gasteiger partial charge is 0.433 e. The number of pyridine rings is 1. The van der Waals surface area contributed by atoms with Crippen LogP contribution in [0.4, 0.5) is 17.6 Å². The van der Waals surface area contributed by atoms with Gasteiger partial charge in [-0.1, -0.05) is 12.1 Å². The van der Waals surface area contributed by atoms with Crippen LogP contribution < -0.4 is 5.43 Å². The summed E-state index contributed by atoms with van der Waals surface area (Å²) in [4.78, 5) is 16.3. The van der Waals surface area contributed by atoms with Crippen molar-refractivity contribution in [2.45, 2.75) is 6.18 Å². The molecular formula is C19H11F4N5O. The first kappa shape index (κ1) is 18.5. The van der Waals surface area contributed by atoms with Crippen LogP contribution in [0.1, 0.15) is 5.69 Å². The van der Waals surface area contributed by atoms with Crippen molar-refractivity contribution in [3.8, 4) is 28.2 Å². The monoisotopic (exact) mass is 401 g/mol. The van der Waals surface area contributed by atoms with Gasteiger partial charge in [-0.25, -0.2) is 9.07 Å². The number of aromatic nitrogens is 5. The van der Waals surface area contributed by atoms with Gasteiger partial charge in [-0.15, -0.1) is 0 Å². The number of halogens is 4. The SMILES string of the molecule is O=c1c(-c2ccnc(C(F)(F)F)c2)c[nH]nc1-c1ccnn1-c1ccccc1F. The van der Waals surface area contributed by atoms with Crippen molar-refractivity contribution in [3.63, 3.8) is 0 Å². The van der Waals surface area contributed by atoms with Gasteiger partial charge in [0.2, 0.25) is 5.43 Å². The number of nitrogens with one attached hydrogen (secondary N) is 1. The summed E-state index contributed by atoms with van der Waals surface area (Å²) < 4.78 is 54.2. The van der Waals surface area contributed by atoms with Crippen LogP contribution in [0.25, 0.3) is 28.2 Å². The van der Waals surface area contributed by atoms with Crippen LogP contribution in [0, 0.1) is 5.82 Å². The van der Waals surface area contributed by atoms with Crippen molar-refractivity contribution in [2.75, 3.05) is 0 Å². The third kappa shape index (κ3) is 3.40. The van der Waals surface area contributed by atoms with Crippen LogP contribution in [0.2, 0.25) is 0 Å². The van der Waals surface area contributed by atoms with E-state index in [0.29, 0.717) is 0 Å². The van der Waals surface area contributed by atoms with E-state index in [0.717, 1.165) is 12.3 Å². The molecule has 0 fully saturated rings. The van der Waals surface area contributed by atoms with E-state index < -0.39 is 23.1 Å². The molecule has 6 nitrogen and oxygen atoms in total. The Hall–Kier alpha value is -3.82. The zero-order valence-corrected chi connectivity index (χ0v) is 14.5. The minimum atomic E-state index is -4.65. The number of alkyl halides is 3. The molecule has 0 aliphatic rings. The van der Waals surface area contributed by atoms with Gasteiger partial charge < -0.3 is 0 Å². The average molecular weight is 401 g/mol. The number of rotatable bonds is 3. The standard InChI is InChI=1S/C19H11F4N5O/c20-13-3-1-2-4-14(13)28-15(6-8-26-28)17-18(29)12(10-25-27-17)11-5-7-24-16(9-11)19(21,22)23/h1-10H,(H,25,29). The zero-order valence-electron chi connectivity index (χ0n) is 14.5. The number of hydrogen-bond acceptors (Lipinski definition) is 4. The van der Waals surface area contributed by atoms with Gasteiger partial charge in [-0.2, -0.15) is 23.4 Å². The second-order valence-electron chi connectivity index (χ2n) is 5.98. The Morgan fingerprint density at radius 1 is 1.03 bits per heavy atom. The number of aromatic amines is 1. The lowest BCUT2D eigenvalue weighted by molar-refractivity contribution is -0.141. The summed E-state index contributed by atoms with van der Waals surface area (Å²) in [5.74, 6) is -0.561. The molecule has 1 aromatic carbocycles. The summed E-state index contributed by atoms with van der Waals surface area (Å²) in [6.45, 7) is 0. The Morgan fingerprint density at radius 3 is 2.59 bits per heavy atom. The van der Waals surface area contributed by atoms with Crippen molar-refractivity contribution < 1.29 is 17.6 Å². The van der Waals surface area contributed by atoms with Crippen molar-refractivity contribution in [3.05, 3.63) is 82.8 Å². The van der Waals surface area contributed by atoms with Crippen LogP contribution >= 0.6 is 0 Å². The Kier molecular flexibility index (Phi) is 4.45. The third-order valence-corrected chi connectivity index (χ3v) is 4.17. The molecule has 0 bridgehead atoms. The maximum Gasteiger partial charge on any atom is 0.433 e. The van der Waals surface area contributed by atoms with E-state index >= 15 is 0 Å². The van der Waals surface area contributed by atoms with Crippen molar-refractivity contribution in [2.24, 2.45) is 0 Å². The lowest BCUT2D eigenvalue weighted by Gasteiger charge is -2.10. The van der Waals surface area contributed by atoms with Crippen LogP contribution in [-0.4, -0.2) is 25.0 Å². The van der Waals surface area contributed by atoms with Crippen LogP contribution in [0.3, 0.4) is 0 Å². The van der Waals surface area contributed by atoms with Crippen LogP contribution in [-0.2, 0) is 6.18 Å². The molecule has 0 amide bonds. The third-order valence-electron chi connectivity index (χ3n) is 4.17. The first-order valence-electron chi connectivity index (χ1n) is 8.27. The first-order valence-corrected chi connectivity index (χ1v) is 8.27. The molecule has 0 saturated carbocycles. The van der Waals surface area contributed by atoms with Gasteiger partial charge in [0.25, 0.3) is 0 Å². The second-order valence-corrected chi connectivity index (χ2v) is 5.98. The fourth-order valence-electron chi connectivity index (χ4n) is 2.84. The minimum Gasteiger partial charge on any atom is -0.287 e. The van der Waals surface area contributed by atoms with Crippen LogP contribution in [0.15, 0.2) is 65.8 Å². The maximum absolute atomic E-state index is 14.2. The van der Waals surface area contributed by atoms with E-state index in [4.69, 9.17) is 0 Å². The fourth-order valence-corrected chi connectivity index (χ4v) is 2.84. The molecule has 0 aliphatic carbocycles. The molecule has 4 rings (SSSR count). The van der Waals surface area contributed by atoms with E-state index in [1.54, 1.807) is 6.07 Å². The molecule has 3 heterocycles. The smallest absolute Gasteiger partial charge is 0.287 e. The Balaban J connectivity index is 1.86. The minimum absolute atomic E-state index is 0.0224. The number of para-hydroxylation sites is 1. The topological polar surface area (TPSA) is 76.5 Å². The first-order chi connectivity index (χ1) is 13.9. The van der Waals surface area contributed by atoms with E-state index in [2.05, 4.69) is 20.3 Å². The molecule has 4 aromatic rings. The lowest BCUT2D eigenvalue weighted by atomic mass is 10.1. The molecule has 146 valence electrons. The number of benzene rings is 1. The highest BCUT2D eigenvalue weighted by atomic mass is 19.4. The van der Waals surface area contributed by atoms with E-state index in [1.165, 1.54) is 47.4 Å². The average Bonchev–Trinajstić information content (AvgIpc) is 3.17. The van der Waals surface area contributed by atoms with Crippen molar-refractivity contribution in [1.82, 2.24) is 25.0 Å². The highest BCUT2D eigenvalue weighted by molar-refractivity contribution is 5.68. The predicted molar refractivity (Wildman–Crippen MR) is 95.6 cm³/mol. The number of H-pyrrole nitrogens is 1. The molecule has 29 heavy (non-hydrogen) atoms. The molecule has 10 heteroatoms. The number of nitrogens with zero attached hydrogens (tertiary/aromatic N) is 4. The molecule has 0 spiro atoms. The maximum atomic E-state index is 14.2. The zero-order chi connectivity index (χ0) is 20.6. The summed E-state index contributed by atoms with van der Waals surface area (Å²) in [6.07, 6.45) is -1.11. The molecule has 0 unspecified atom stereocenters. The Morgan fingerprint density at radius 2 is 1.83 bits per heavy atom. The fraction of sp³-hybridized carbons (Fsp3) is 0.0526. The normalized spacial score (nSPS) is 11.6. The van der Waals surface area contributed by atoms with Gasteiger partial charge in [-0.05, 0) is 35.9 Å².